The van der Waals surface area contributed by atoms with Crippen molar-refractivity contribution in [3.8, 4) is 5.75 Å². The van der Waals surface area contributed by atoms with Crippen LogP contribution in [0.4, 0.5) is 20.2 Å². The average molecular weight is 315 g/mol. The fraction of sp³-hybridized carbons (Fsp3) is 0.0769. The molecule has 0 aliphatic heterocycles. The van der Waals surface area contributed by atoms with E-state index < -0.39 is 27.9 Å². The molecule has 0 unspecified atom stereocenters. The number of phenols is 1. The van der Waals surface area contributed by atoms with Crippen LogP contribution in [0.1, 0.15) is 5.56 Å². The van der Waals surface area contributed by atoms with E-state index in [4.69, 9.17) is 11.6 Å². The highest BCUT2D eigenvalue weighted by Crippen LogP contribution is 2.31. The first-order valence-corrected chi connectivity index (χ1v) is 6.12. The zero-order valence-corrected chi connectivity index (χ0v) is 11.2. The van der Waals surface area contributed by atoms with Gasteiger partial charge in [-0.3, -0.25) is 10.1 Å². The monoisotopic (exact) mass is 314 g/mol. The first kappa shape index (κ1) is 15.0. The number of para-hydroxylation sites is 1. The Bertz CT molecular complexity index is 710. The second-order valence-electron chi connectivity index (χ2n) is 4.11. The molecule has 0 spiro atoms. The third-order valence-corrected chi connectivity index (χ3v) is 3.10. The van der Waals surface area contributed by atoms with Gasteiger partial charge in [0.15, 0.2) is 17.3 Å². The molecule has 0 aliphatic carbocycles. The van der Waals surface area contributed by atoms with Crippen molar-refractivity contribution in [3.63, 3.8) is 0 Å². The van der Waals surface area contributed by atoms with Crippen LogP contribution < -0.4 is 5.32 Å². The van der Waals surface area contributed by atoms with Crippen LogP contribution >= 0.6 is 11.6 Å². The number of aromatic hydroxyl groups is 1. The van der Waals surface area contributed by atoms with Crippen molar-refractivity contribution in [2.45, 2.75) is 6.54 Å². The van der Waals surface area contributed by atoms with Gasteiger partial charge in [-0.25, -0.2) is 8.78 Å². The lowest BCUT2D eigenvalue weighted by Crippen LogP contribution is -2.06. The van der Waals surface area contributed by atoms with Gasteiger partial charge in [0.25, 0.3) is 5.69 Å². The van der Waals surface area contributed by atoms with Crippen molar-refractivity contribution in [2.75, 3.05) is 5.32 Å². The summed E-state index contributed by atoms with van der Waals surface area (Å²) in [5.74, 6) is -2.80. The zero-order valence-electron chi connectivity index (χ0n) is 10.4. The van der Waals surface area contributed by atoms with Crippen molar-refractivity contribution in [1.29, 1.82) is 0 Å². The minimum Gasteiger partial charge on any atom is -0.506 e. The molecule has 0 aromatic heterocycles. The lowest BCUT2D eigenvalue weighted by molar-refractivity contribution is -0.384. The Hall–Kier alpha value is -2.41. The summed E-state index contributed by atoms with van der Waals surface area (Å²) in [6.07, 6.45) is 0. The van der Waals surface area contributed by atoms with Crippen molar-refractivity contribution in [3.05, 3.63) is 62.7 Å². The van der Waals surface area contributed by atoms with E-state index in [0.29, 0.717) is 11.6 Å². The van der Waals surface area contributed by atoms with E-state index in [2.05, 4.69) is 5.32 Å². The van der Waals surface area contributed by atoms with Crippen LogP contribution in [-0.2, 0) is 6.54 Å². The summed E-state index contributed by atoms with van der Waals surface area (Å²) in [5.41, 5.74) is -0.893. The number of benzene rings is 2. The molecule has 0 saturated heterocycles. The molecular weight excluding hydrogens is 306 g/mol. The SMILES string of the molecule is O=[N+]([O-])c1ccc(F)c(F)c1NCc1cccc(Cl)c1O. The number of phenolic OH excluding ortho intramolecular Hbond substituents is 1. The van der Waals surface area contributed by atoms with Crippen molar-refractivity contribution in [2.24, 2.45) is 0 Å². The summed E-state index contributed by atoms with van der Waals surface area (Å²) in [5, 5.41) is 23.0. The van der Waals surface area contributed by atoms with Gasteiger partial charge in [0.1, 0.15) is 5.75 Å². The molecule has 2 N–H and O–H groups in total. The van der Waals surface area contributed by atoms with E-state index in [1.165, 1.54) is 12.1 Å². The van der Waals surface area contributed by atoms with Crippen LogP contribution in [-0.4, -0.2) is 10.0 Å². The summed E-state index contributed by atoms with van der Waals surface area (Å²) in [4.78, 5) is 9.99. The molecule has 8 heteroatoms. The highest BCUT2D eigenvalue weighted by molar-refractivity contribution is 6.32. The fourth-order valence-electron chi connectivity index (χ4n) is 1.75. The Morgan fingerprint density at radius 3 is 2.67 bits per heavy atom. The lowest BCUT2D eigenvalue weighted by Gasteiger charge is -2.10. The number of anilines is 1. The first-order valence-electron chi connectivity index (χ1n) is 5.74. The minimum atomic E-state index is -1.36. The molecule has 2 rings (SSSR count). The number of hydrogen-bond acceptors (Lipinski definition) is 4. The normalized spacial score (nSPS) is 10.4. The molecule has 0 saturated carbocycles. The van der Waals surface area contributed by atoms with Gasteiger partial charge in [0, 0.05) is 18.2 Å². The van der Waals surface area contributed by atoms with Crippen molar-refractivity contribution >= 4 is 23.0 Å². The van der Waals surface area contributed by atoms with Gasteiger partial charge in [0.05, 0.1) is 9.95 Å². The van der Waals surface area contributed by atoms with Crippen LogP contribution in [0, 0.1) is 21.7 Å². The third-order valence-electron chi connectivity index (χ3n) is 2.80. The first-order chi connectivity index (χ1) is 9.91. The van der Waals surface area contributed by atoms with E-state index in [9.17, 15) is 24.0 Å². The molecule has 0 amide bonds. The van der Waals surface area contributed by atoms with Crippen molar-refractivity contribution < 1.29 is 18.8 Å². The molecule has 0 aliphatic rings. The number of nitrogens with one attached hydrogen (secondary N) is 1. The molecule has 0 heterocycles. The molecule has 0 fully saturated rings. The number of nitro groups is 1. The molecule has 2 aromatic rings. The average Bonchev–Trinajstić information content (AvgIpc) is 2.44. The maximum Gasteiger partial charge on any atom is 0.295 e. The number of halogens is 3. The molecule has 2 aromatic carbocycles. The van der Waals surface area contributed by atoms with Crippen LogP contribution in [0.2, 0.25) is 5.02 Å². The molecule has 5 nitrogen and oxygen atoms in total. The zero-order chi connectivity index (χ0) is 15.6. The fourth-order valence-corrected chi connectivity index (χ4v) is 1.94. The molecule has 21 heavy (non-hydrogen) atoms. The smallest absolute Gasteiger partial charge is 0.295 e. The Kier molecular flexibility index (Phi) is 4.23. The van der Waals surface area contributed by atoms with Gasteiger partial charge in [0.2, 0.25) is 0 Å². The number of nitro benzene ring substituents is 1. The van der Waals surface area contributed by atoms with Crippen LogP contribution in [0.3, 0.4) is 0 Å². The topological polar surface area (TPSA) is 75.4 Å². The Morgan fingerprint density at radius 2 is 2.00 bits per heavy atom. The molecule has 0 bridgehead atoms. The quantitative estimate of drug-likeness (QED) is 0.664. The van der Waals surface area contributed by atoms with Crippen molar-refractivity contribution in [1.82, 2.24) is 0 Å². The number of hydrogen-bond donors (Lipinski definition) is 2. The maximum absolute atomic E-state index is 13.7. The summed E-state index contributed by atoms with van der Waals surface area (Å²) >= 11 is 5.71. The highest BCUT2D eigenvalue weighted by Gasteiger charge is 2.21. The Labute approximate surface area is 122 Å². The van der Waals surface area contributed by atoms with E-state index in [1.807, 2.05) is 0 Å². The van der Waals surface area contributed by atoms with E-state index in [0.717, 1.165) is 6.07 Å². The third kappa shape index (κ3) is 3.03. The van der Waals surface area contributed by atoms with Crippen LogP contribution in [0.15, 0.2) is 30.3 Å². The summed E-state index contributed by atoms with van der Waals surface area (Å²) in [6, 6.07) is 6.03. The second-order valence-corrected chi connectivity index (χ2v) is 4.52. The standard InChI is InChI=1S/C13H9ClF2N2O3/c14-8-3-1-2-7(13(8)19)6-17-12-10(18(20)21)5-4-9(15)11(12)16/h1-5,17,19H,6H2. The van der Waals surface area contributed by atoms with Gasteiger partial charge >= 0.3 is 0 Å². The largest absolute Gasteiger partial charge is 0.506 e. The maximum atomic E-state index is 13.7. The Balaban J connectivity index is 2.33. The Morgan fingerprint density at radius 1 is 1.29 bits per heavy atom. The van der Waals surface area contributed by atoms with E-state index >= 15 is 0 Å². The van der Waals surface area contributed by atoms with E-state index in [1.54, 1.807) is 6.07 Å². The highest BCUT2D eigenvalue weighted by atomic mass is 35.5. The predicted molar refractivity (Wildman–Crippen MR) is 73.5 cm³/mol. The lowest BCUT2D eigenvalue weighted by atomic mass is 10.2. The van der Waals surface area contributed by atoms with Gasteiger partial charge in [-0.1, -0.05) is 23.7 Å². The van der Waals surface area contributed by atoms with Gasteiger partial charge in [-0.15, -0.1) is 0 Å². The van der Waals surface area contributed by atoms with Gasteiger partial charge in [-0.05, 0) is 12.1 Å². The van der Waals surface area contributed by atoms with Gasteiger partial charge < -0.3 is 10.4 Å². The molecule has 0 radical (unpaired) electrons. The van der Waals surface area contributed by atoms with Crippen LogP contribution in [0.5, 0.6) is 5.75 Å². The molecular formula is C13H9ClF2N2O3. The summed E-state index contributed by atoms with van der Waals surface area (Å²) in [6.45, 7) is -0.159. The summed E-state index contributed by atoms with van der Waals surface area (Å²) in [7, 11) is 0. The number of nitrogens with zero attached hydrogens (tertiary/aromatic N) is 1. The minimum absolute atomic E-state index is 0.0866. The second kappa shape index (κ2) is 5.92. The predicted octanol–water partition coefficient (Wildman–Crippen LogP) is 3.84. The van der Waals surface area contributed by atoms with E-state index in [-0.39, 0.29) is 17.3 Å². The summed E-state index contributed by atoms with van der Waals surface area (Å²) < 4.78 is 26.9. The molecule has 110 valence electrons. The number of rotatable bonds is 4. The molecule has 0 atom stereocenters. The van der Waals surface area contributed by atoms with Crippen LogP contribution in [0.25, 0.3) is 0 Å². The van der Waals surface area contributed by atoms with Gasteiger partial charge in [-0.2, -0.15) is 0 Å².